The molecule has 19 heavy (non-hydrogen) atoms. The fraction of sp³-hybridized carbons (Fsp3) is 0.615. The van der Waals surface area contributed by atoms with Crippen LogP contribution in [0.3, 0.4) is 0 Å². The molecule has 0 saturated carbocycles. The van der Waals surface area contributed by atoms with Gasteiger partial charge in [0.2, 0.25) is 0 Å². The van der Waals surface area contributed by atoms with Gasteiger partial charge in [-0.3, -0.25) is 0 Å². The van der Waals surface area contributed by atoms with Gasteiger partial charge in [0.1, 0.15) is 0 Å². The Morgan fingerprint density at radius 2 is 2.21 bits per heavy atom. The van der Waals surface area contributed by atoms with Crippen molar-refractivity contribution in [1.82, 2.24) is 10.6 Å². The second-order valence-electron chi connectivity index (χ2n) is 3.81. The number of thiophene rings is 1. The molecule has 1 heterocycles. The first-order chi connectivity index (χ1) is 9.36. The number of ether oxygens (including phenoxy) is 2. The molecule has 0 bridgehead atoms. The van der Waals surface area contributed by atoms with Gasteiger partial charge in [-0.25, -0.2) is 4.99 Å². The van der Waals surface area contributed by atoms with Crippen molar-refractivity contribution in [3.8, 4) is 0 Å². The highest BCUT2D eigenvalue weighted by Crippen LogP contribution is 2.09. The minimum atomic E-state index is 0.626. The number of hydrogen-bond acceptors (Lipinski definition) is 4. The van der Waals surface area contributed by atoms with Gasteiger partial charge >= 0.3 is 0 Å². The SMILES string of the molecule is CCNC(=NCc1cccs1)NCCOCCOC. The van der Waals surface area contributed by atoms with Crippen LogP contribution in [0.2, 0.25) is 0 Å². The lowest BCUT2D eigenvalue weighted by Crippen LogP contribution is -2.39. The summed E-state index contributed by atoms with van der Waals surface area (Å²) >= 11 is 1.72. The highest BCUT2D eigenvalue weighted by atomic mass is 32.1. The Labute approximate surface area is 119 Å². The molecule has 0 aliphatic rings. The summed E-state index contributed by atoms with van der Waals surface area (Å²) in [5, 5.41) is 8.51. The van der Waals surface area contributed by atoms with Crippen LogP contribution in [0.25, 0.3) is 0 Å². The summed E-state index contributed by atoms with van der Waals surface area (Å²) in [7, 11) is 1.67. The maximum Gasteiger partial charge on any atom is 0.191 e. The number of methoxy groups -OCH3 is 1. The van der Waals surface area contributed by atoms with Gasteiger partial charge < -0.3 is 20.1 Å². The van der Waals surface area contributed by atoms with Gasteiger partial charge in [0.05, 0.1) is 26.4 Å². The zero-order valence-corrected chi connectivity index (χ0v) is 12.5. The quantitative estimate of drug-likeness (QED) is 0.410. The molecule has 0 spiro atoms. The van der Waals surface area contributed by atoms with Crippen molar-refractivity contribution in [1.29, 1.82) is 0 Å². The standard InChI is InChI=1S/C13H23N3O2S/c1-3-14-13(15-6-7-18-9-8-17-2)16-11-12-5-4-10-19-12/h4-5,10H,3,6-9,11H2,1-2H3,(H2,14,15,16). The van der Waals surface area contributed by atoms with Crippen molar-refractivity contribution >= 4 is 17.3 Å². The first-order valence-corrected chi connectivity index (χ1v) is 7.36. The van der Waals surface area contributed by atoms with Gasteiger partial charge in [-0.1, -0.05) is 6.07 Å². The Kier molecular flexibility index (Phi) is 9.05. The van der Waals surface area contributed by atoms with Gasteiger partial charge in [0.25, 0.3) is 0 Å². The maximum atomic E-state index is 5.38. The molecule has 0 radical (unpaired) electrons. The van der Waals surface area contributed by atoms with Crippen molar-refractivity contribution in [3.05, 3.63) is 22.4 Å². The van der Waals surface area contributed by atoms with Crippen molar-refractivity contribution in [2.45, 2.75) is 13.5 Å². The summed E-state index contributed by atoms with van der Waals surface area (Å²) in [6.45, 7) is 6.25. The van der Waals surface area contributed by atoms with Crippen LogP contribution in [0.1, 0.15) is 11.8 Å². The van der Waals surface area contributed by atoms with Crippen LogP contribution in [0.4, 0.5) is 0 Å². The van der Waals surface area contributed by atoms with Crippen LogP contribution in [0.15, 0.2) is 22.5 Å². The van der Waals surface area contributed by atoms with Crippen LogP contribution >= 0.6 is 11.3 Å². The van der Waals surface area contributed by atoms with Crippen LogP contribution in [-0.4, -0.2) is 46.0 Å². The van der Waals surface area contributed by atoms with E-state index in [2.05, 4.69) is 34.0 Å². The highest BCUT2D eigenvalue weighted by molar-refractivity contribution is 7.09. The van der Waals surface area contributed by atoms with Crippen molar-refractivity contribution in [2.75, 3.05) is 40.0 Å². The first-order valence-electron chi connectivity index (χ1n) is 6.48. The molecular formula is C13H23N3O2S. The molecule has 0 aromatic carbocycles. The van der Waals surface area contributed by atoms with Crippen LogP contribution < -0.4 is 10.6 Å². The van der Waals surface area contributed by atoms with E-state index in [1.807, 2.05) is 6.07 Å². The number of nitrogens with one attached hydrogen (secondary N) is 2. The van der Waals surface area contributed by atoms with Gasteiger partial charge in [0.15, 0.2) is 5.96 Å². The van der Waals surface area contributed by atoms with Gasteiger partial charge in [-0.15, -0.1) is 11.3 Å². The number of aliphatic imine (C=N–C) groups is 1. The molecule has 1 aromatic rings. The van der Waals surface area contributed by atoms with Gasteiger partial charge in [0, 0.05) is 25.1 Å². The zero-order valence-electron chi connectivity index (χ0n) is 11.6. The third kappa shape index (κ3) is 7.81. The predicted molar refractivity (Wildman–Crippen MR) is 79.8 cm³/mol. The molecule has 0 fully saturated rings. The van der Waals surface area contributed by atoms with E-state index in [1.165, 1.54) is 4.88 Å². The molecule has 0 aliphatic carbocycles. The van der Waals surface area contributed by atoms with E-state index < -0.39 is 0 Å². The van der Waals surface area contributed by atoms with Crippen molar-refractivity contribution in [2.24, 2.45) is 4.99 Å². The Bertz CT molecular complexity index is 342. The van der Waals surface area contributed by atoms with E-state index in [9.17, 15) is 0 Å². The minimum Gasteiger partial charge on any atom is -0.382 e. The van der Waals surface area contributed by atoms with Crippen LogP contribution in [0.5, 0.6) is 0 Å². The monoisotopic (exact) mass is 285 g/mol. The first kappa shape index (κ1) is 15.9. The maximum absolute atomic E-state index is 5.38. The molecule has 1 rings (SSSR count). The molecule has 0 unspecified atom stereocenters. The van der Waals surface area contributed by atoms with Crippen LogP contribution in [-0.2, 0) is 16.0 Å². The Morgan fingerprint density at radius 1 is 1.32 bits per heavy atom. The number of guanidine groups is 1. The zero-order chi connectivity index (χ0) is 13.8. The average molecular weight is 285 g/mol. The topological polar surface area (TPSA) is 54.9 Å². The number of rotatable bonds is 9. The van der Waals surface area contributed by atoms with Crippen LogP contribution in [0, 0.1) is 0 Å². The fourth-order valence-electron chi connectivity index (χ4n) is 1.39. The van der Waals surface area contributed by atoms with E-state index in [1.54, 1.807) is 18.4 Å². The lowest BCUT2D eigenvalue weighted by atomic mass is 10.5. The number of hydrogen-bond donors (Lipinski definition) is 2. The Balaban J connectivity index is 2.21. The Morgan fingerprint density at radius 3 is 2.89 bits per heavy atom. The van der Waals surface area contributed by atoms with E-state index >= 15 is 0 Å². The highest BCUT2D eigenvalue weighted by Gasteiger charge is 1.97. The lowest BCUT2D eigenvalue weighted by Gasteiger charge is -2.11. The molecule has 5 nitrogen and oxygen atoms in total. The van der Waals surface area contributed by atoms with E-state index in [4.69, 9.17) is 9.47 Å². The van der Waals surface area contributed by atoms with Crippen molar-refractivity contribution in [3.63, 3.8) is 0 Å². The average Bonchev–Trinajstić information content (AvgIpc) is 2.93. The molecule has 1 aromatic heterocycles. The van der Waals surface area contributed by atoms with E-state index in [-0.39, 0.29) is 0 Å². The molecule has 0 saturated heterocycles. The van der Waals surface area contributed by atoms with Crippen molar-refractivity contribution < 1.29 is 9.47 Å². The molecule has 0 atom stereocenters. The molecule has 0 amide bonds. The van der Waals surface area contributed by atoms with Gasteiger partial charge in [-0.2, -0.15) is 0 Å². The van der Waals surface area contributed by atoms with Gasteiger partial charge in [-0.05, 0) is 18.4 Å². The summed E-state index contributed by atoms with van der Waals surface area (Å²) < 4.78 is 10.3. The summed E-state index contributed by atoms with van der Waals surface area (Å²) in [4.78, 5) is 5.77. The van der Waals surface area contributed by atoms with E-state index in [0.29, 0.717) is 26.4 Å². The summed E-state index contributed by atoms with van der Waals surface area (Å²) in [6.07, 6.45) is 0. The fourth-order valence-corrected chi connectivity index (χ4v) is 2.02. The largest absolute Gasteiger partial charge is 0.382 e. The molecule has 2 N–H and O–H groups in total. The molecular weight excluding hydrogens is 262 g/mol. The second-order valence-corrected chi connectivity index (χ2v) is 4.84. The smallest absolute Gasteiger partial charge is 0.191 e. The Hall–Kier alpha value is -1.11. The molecule has 108 valence electrons. The summed E-state index contributed by atoms with van der Waals surface area (Å²) in [6, 6.07) is 4.13. The molecule has 0 aliphatic heterocycles. The third-order valence-electron chi connectivity index (χ3n) is 2.29. The number of nitrogens with zero attached hydrogens (tertiary/aromatic N) is 1. The summed E-state index contributed by atoms with van der Waals surface area (Å²) in [5.74, 6) is 0.825. The lowest BCUT2D eigenvalue weighted by molar-refractivity contribution is 0.0733. The molecule has 6 heteroatoms. The minimum absolute atomic E-state index is 0.626. The summed E-state index contributed by atoms with van der Waals surface area (Å²) in [5.41, 5.74) is 0. The predicted octanol–water partition coefficient (Wildman–Crippen LogP) is 1.47. The second kappa shape index (κ2) is 10.8. The normalized spacial score (nSPS) is 11.6. The van der Waals surface area contributed by atoms with E-state index in [0.717, 1.165) is 19.0 Å². The third-order valence-corrected chi connectivity index (χ3v) is 3.15.